The molecule has 16 heavy (non-hydrogen) atoms. The van der Waals surface area contributed by atoms with Crippen LogP contribution in [0, 0.1) is 0 Å². The summed E-state index contributed by atoms with van der Waals surface area (Å²) in [5.74, 6) is 0. The van der Waals surface area contributed by atoms with E-state index in [1.54, 1.807) is 0 Å². The first kappa shape index (κ1) is 13.8. The Morgan fingerprint density at radius 3 is 2.56 bits per heavy atom. The van der Waals surface area contributed by atoms with Gasteiger partial charge in [0.2, 0.25) is 10.0 Å². The molecule has 0 saturated heterocycles. The van der Waals surface area contributed by atoms with E-state index < -0.39 is 10.0 Å². The predicted molar refractivity (Wildman–Crippen MR) is 66.6 cm³/mol. The maximum Gasteiger partial charge on any atom is 0.242 e. The van der Waals surface area contributed by atoms with Gasteiger partial charge in [-0.15, -0.1) is 0 Å². The van der Waals surface area contributed by atoms with Gasteiger partial charge in [0.1, 0.15) is 4.90 Å². The topological polar surface area (TPSA) is 46.2 Å². The van der Waals surface area contributed by atoms with Gasteiger partial charge in [0, 0.05) is 11.6 Å². The SMILES string of the molecule is C=C(Cl)CNS(=O)(=O)c1cccc(Cl)c1Cl. The number of hydrogen-bond donors (Lipinski definition) is 1. The molecule has 3 nitrogen and oxygen atoms in total. The summed E-state index contributed by atoms with van der Waals surface area (Å²) >= 11 is 17.0. The number of halogens is 3. The molecule has 0 heterocycles. The predicted octanol–water partition coefficient (Wildman–Crippen LogP) is 3.02. The molecule has 0 atom stereocenters. The fraction of sp³-hybridized carbons (Fsp3) is 0.111. The first-order chi connectivity index (χ1) is 7.34. The van der Waals surface area contributed by atoms with Crippen LogP contribution < -0.4 is 4.72 Å². The van der Waals surface area contributed by atoms with Gasteiger partial charge in [0.15, 0.2) is 0 Å². The molecule has 0 bridgehead atoms. The second-order valence-electron chi connectivity index (χ2n) is 2.89. The summed E-state index contributed by atoms with van der Waals surface area (Å²) < 4.78 is 25.8. The van der Waals surface area contributed by atoms with E-state index in [1.807, 2.05) is 0 Å². The maximum absolute atomic E-state index is 11.8. The van der Waals surface area contributed by atoms with Crippen molar-refractivity contribution in [1.29, 1.82) is 0 Å². The van der Waals surface area contributed by atoms with Gasteiger partial charge in [-0.3, -0.25) is 0 Å². The van der Waals surface area contributed by atoms with Crippen LogP contribution in [0.3, 0.4) is 0 Å². The quantitative estimate of drug-likeness (QED) is 0.929. The lowest BCUT2D eigenvalue weighted by molar-refractivity contribution is 0.585. The average Bonchev–Trinajstić information content (AvgIpc) is 2.19. The van der Waals surface area contributed by atoms with Gasteiger partial charge < -0.3 is 0 Å². The lowest BCUT2D eigenvalue weighted by Gasteiger charge is -2.08. The largest absolute Gasteiger partial charge is 0.242 e. The van der Waals surface area contributed by atoms with Crippen molar-refractivity contribution in [3.63, 3.8) is 0 Å². The summed E-state index contributed by atoms with van der Waals surface area (Å²) in [6, 6.07) is 4.36. The molecule has 1 rings (SSSR count). The minimum atomic E-state index is -3.72. The minimum Gasteiger partial charge on any atom is -0.207 e. The molecule has 88 valence electrons. The van der Waals surface area contributed by atoms with Crippen molar-refractivity contribution < 1.29 is 8.42 Å². The Hall–Kier alpha value is -0.260. The van der Waals surface area contributed by atoms with Crippen LogP contribution in [-0.2, 0) is 10.0 Å². The first-order valence-electron chi connectivity index (χ1n) is 4.11. The van der Waals surface area contributed by atoms with Crippen molar-refractivity contribution in [2.45, 2.75) is 4.90 Å². The molecule has 1 aromatic carbocycles. The van der Waals surface area contributed by atoms with Gasteiger partial charge in [-0.1, -0.05) is 47.4 Å². The standard InChI is InChI=1S/C9H8Cl3NO2S/c1-6(10)5-13-16(14,15)8-4-2-3-7(11)9(8)12/h2-4,13H,1,5H2. The Labute approximate surface area is 109 Å². The van der Waals surface area contributed by atoms with E-state index in [2.05, 4.69) is 11.3 Å². The number of hydrogen-bond acceptors (Lipinski definition) is 2. The van der Waals surface area contributed by atoms with E-state index in [0.717, 1.165) is 0 Å². The van der Waals surface area contributed by atoms with Gasteiger partial charge in [-0.25, -0.2) is 13.1 Å². The Morgan fingerprint density at radius 2 is 2.00 bits per heavy atom. The summed E-state index contributed by atoms with van der Waals surface area (Å²) in [6.07, 6.45) is 0. The van der Waals surface area contributed by atoms with Crippen LogP contribution in [0.15, 0.2) is 34.7 Å². The molecule has 0 aromatic heterocycles. The third kappa shape index (κ3) is 3.37. The molecule has 0 unspecified atom stereocenters. The first-order valence-corrected chi connectivity index (χ1v) is 6.73. The van der Waals surface area contributed by atoms with Crippen LogP contribution in [0.25, 0.3) is 0 Å². The highest BCUT2D eigenvalue weighted by molar-refractivity contribution is 7.89. The van der Waals surface area contributed by atoms with Crippen molar-refractivity contribution in [3.8, 4) is 0 Å². The van der Waals surface area contributed by atoms with Crippen LogP contribution in [0.5, 0.6) is 0 Å². The molecule has 0 aliphatic rings. The molecule has 1 aromatic rings. The highest BCUT2D eigenvalue weighted by Crippen LogP contribution is 2.28. The van der Waals surface area contributed by atoms with Gasteiger partial charge in [-0.05, 0) is 12.1 Å². The van der Waals surface area contributed by atoms with Crippen molar-refractivity contribution in [3.05, 3.63) is 39.9 Å². The molecule has 0 radical (unpaired) electrons. The molecule has 0 aliphatic heterocycles. The van der Waals surface area contributed by atoms with Gasteiger partial charge >= 0.3 is 0 Å². The summed E-state index contributed by atoms with van der Waals surface area (Å²) in [7, 11) is -3.72. The summed E-state index contributed by atoms with van der Waals surface area (Å²) in [5, 5.41) is 0.341. The highest BCUT2D eigenvalue weighted by atomic mass is 35.5. The molecular weight excluding hydrogens is 293 g/mol. The average molecular weight is 301 g/mol. The van der Waals surface area contributed by atoms with E-state index in [9.17, 15) is 8.42 Å². The van der Waals surface area contributed by atoms with Crippen LogP contribution in [0.2, 0.25) is 10.0 Å². The zero-order valence-corrected chi connectivity index (χ0v) is 11.1. The van der Waals surface area contributed by atoms with Gasteiger partial charge in [-0.2, -0.15) is 0 Å². The fourth-order valence-corrected chi connectivity index (χ4v) is 2.87. The second kappa shape index (κ2) is 5.38. The maximum atomic E-state index is 11.8. The Morgan fingerprint density at radius 1 is 1.38 bits per heavy atom. The zero-order valence-electron chi connectivity index (χ0n) is 8.00. The van der Waals surface area contributed by atoms with Gasteiger partial charge in [0.25, 0.3) is 0 Å². The lowest BCUT2D eigenvalue weighted by atomic mass is 10.4. The van der Waals surface area contributed by atoms with Crippen molar-refractivity contribution in [1.82, 2.24) is 4.72 Å². The lowest BCUT2D eigenvalue weighted by Crippen LogP contribution is -2.25. The molecule has 0 saturated carbocycles. The molecule has 0 aliphatic carbocycles. The number of benzene rings is 1. The molecule has 0 fully saturated rings. The van der Waals surface area contributed by atoms with E-state index in [0.29, 0.717) is 0 Å². The molecular formula is C9H8Cl3NO2S. The van der Waals surface area contributed by atoms with E-state index >= 15 is 0 Å². The van der Waals surface area contributed by atoms with Crippen LogP contribution >= 0.6 is 34.8 Å². The minimum absolute atomic E-state index is 0.0168. The van der Waals surface area contributed by atoms with Gasteiger partial charge in [0.05, 0.1) is 10.0 Å². The second-order valence-corrected chi connectivity index (χ2v) is 5.95. The van der Waals surface area contributed by atoms with E-state index in [1.165, 1.54) is 18.2 Å². The number of sulfonamides is 1. The Balaban J connectivity index is 3.08. The molecule has 1 N–H and O–H groups in total. The molecule has 7 heteroatoms. The van der Waals surface area contributed by atoms with Crippen LogP contribution in [-0.4, -0.2) is 15.0 Å². The number of nitrogens with one attached hydrogen (secondary N) is 1. The van der Waals surface area contributed by atoms with Crippen LogP contribution in [0.4, 0.5) is 0 Å². The smallest absolute Gasteiger partial charge is 0.207 e. The third-order valence-corrected chi connectivity index (χ3v) is 4.17. The van der Waals surface area contributed by atoms with E-state index in [-0.39, 0.29) is 26.5 Å². The highest BCUT2D eigenvalue weighted by Gasteiger charge is 2.18. The normalized spacial score (nSPS) is 11.4. The third-order valence-electron chi connectivity index (χ3n) is 1.66. The Bertz CT molecular complexity index is 513. The van der Waals surface area contributed by atoms with E-state index in [4.69, 9.17) is 34.8 Å². The summed E-state index contributed by atoms with van der Waals surface area (Å²) in [5.41, 5.74) is 0. The van der Waals surface area contributed by atoms with Crippen molar-refractivity contribution >= 4 is 44.8 Å². The molecule has 0 spiro atoms. The molecule has 0 amide bonds. The number of rotatable bonds is 4. The van der Waals surface area contributed by atoms with Crippen molar-refractivity contribution in [2.24, 2.45) is 0 Å². The zero-order chi connectivity index (χ0) is 12.3. The summed E-state index contributed by atoms with van der Waals surface area (Å²) in [4.78, 5) is -0.0837. The fourth-order valence-electron chi connectivity index (χ4n) is 0.943. The summed E-state index contributed by atoms with van der Waals surface area (Å²) in [6.45, 7) is 3.31. The van der Waals surface area contributed by atoms with Crippen LogP contribution in [0.1, 0.15) is 0 Å². The Kier molecular flexibility index (Phi) is 4.64. The van der Waals surface area contributed by atoms with Crippen molar-refractivity contribution in [2.75, 3.05) is 6.54 Å². The monoisotopic (exact) mass is 299 g/mol.